The number of rotatable bonds is 1. The molecule has 12 heavy (non-hydrogen) atoms. The van der Waals surface area contributed by atoms with Crippen LogP contribution in [0.25, 0.3) is 0 Å². The fourth-order valence-corrected chi connectivity index (χ4v) is 0.854. The second kappa shape index (κ2) is 3.10. The molecule has 0 aromatic carbocycles. The largest absolute Gasteiger partial charge is 0.467 e. The lowest BCUT2D eigenvalue weighted by Crippen LogP contribution is -2.49. The van der Waals surface area contributed by atoms with E-state index in [2.05, 4.69) is 9.47 Å². The third kappa shape index (κ3) is 1.55. The molecule has 0 aromatic rings. The van der Waals surface area contributed by atoms with E-state index in [1.807, 2.05) is 0 Å². The van der Waals surface area contributed by atoms with Crippen LogP contribution in [0.1, 0.15) is 6.92 Å². The molecule has 68 valence electrons. The lowest BCUT2D eigenvalue weighted by Gasteiger charge is -2.29. The number of carbonyl (C=O) groups is 2. The summed E-state index contributed by atoms with van der Waals surface area (Å²) in [6, 6.07) is 0. The lowest BCUT2D eigenvalue weighted by molar-refractivity contribution is -0.198. The van der Waals surface area contributed by atoms with Crippen LogP contribution in [0.5, 0.6) is 0 Å². The summed E-state index contributed by atoms with van der Waals surface area (Å²) < 4.78 is 14.1. The second-order valence-electron chi connectivity index (χ2n) is 2.67. The Balaban J connectivity index is 2.61. The summed E-state index contributed by atoms with van der Waals surface area (Å²) >= 11 is 0. The topological polar surface area (TPSA) is 61.8 Å². The maximum absolute atomic E-state index is 11.1. The third-order valence-corrected chi connectivity index (χ3v) is 1.63. The van der Waals surface area contributed by atoms with Gasteiger partial charge in [-0.3, -0.25) is 0 Å². The van der Waals surface area contributed by atoms with E-state index in [-0.39, 0.29) is 13.2 Å². The minimum atomic E-state index is -1.14. The van der Waals surface area contributed by atoms with E-state index in [0.29, 0.717) is 0 Å². The number of cyclic esters (lactones) is 1. The summed E-state index contributed by atoms with van der Waals surface area (Å²) in [6.07, 6.45) is 0. The fourth-order valence-electron chi connectivity index (χ4n) is 0.854. The second-order valence-corrected chi connectivity index (χ2v) is 2.67. The molecule has 0 saturated carbocycles. The minimum absolute atomic E-state index is 0.0848. The molecule has 1 atom stereocenters. The average molecular weight is 174 g/mol. The van der Waals surface area contributed by atoms with Gasteiger partial charge >= 0.3 is 11.9 Å². The monoisotopic (exact) mass is 174 g/mol. The first kappa shape index (κ1) is 8.99. The molecule has 0 radical (unpaired) electrons. The Morgan fingerprint density at radius 3 is 2.75 bits per heavy atom. The van der Waals surface area contributed by atoms with E-state index in [4.69, 9.17) is 4.74 Å². The van der Waals surface area contributed by atoms with Gasteiger partial charge in [0.05, 0.1) is 7.11 Å². The van der Waals surface area contributed by atoms with Crippen molar-refractivity contribution in [3.63, 3.8) is 0 Å². The maximum atomic E-state index is 11.1. The smallest absolute Gasteiger partial charge is 0.341 e. The van der Waals surface area contributed by atoms with Gasteiger partial charge in [0, 0.05) is 0 Å². The zero-order valence-corrected chi connectivity index (χ0v) is 6.96. The maximum Gasteiger partial charge on any atom is 0.341 e. The van der Waals surface area contributed by atoms with Crippen molar-refractivity contribution in [1.29, 1.82) is 0 Å². The quantitative estimate of drug-likeness (QED) is 0.501. The van der Waals surface area contributed by atoms with Gasteiger partial charge in [0.15, 0.2) is 5.60 Å². The van der Waals surface area contributed by atoms with Crippen LogP contribution < -0.4 is 0 Å². The molecule has 0 spiro atoms. The first-order valence-electron chi connectivity index (χ1n) is 3.46. The highest BCUT2D eigenvalue weighted by molar-refractivity contribution is 5.81. The first-order chi connectivity index (χ1) is 5.58. The van der Waals surface area contributed by atoms with Crippen LogP contribution in [0.4, 0.5) is 0 Å². The summed E-state index contributed by atoms with van der Waals surface area (Å²) in [5.41, 5.74) is -1.14. The van der Waals surface area contributed by atoms with Crippen molar-refractivity contribution in [3.8, 4) is 0 Å². The van der Waals surface area contributed by atoms with Crippen molar-refractivity contribution in [1.82, 2.24) is 0 Å². The van der Waals surface area contributed by atoms with E-state index in [9.17, 15) is 9.59 Å². The Morgan fingerprint density at radius 2 is 2.33 bits per heavy atom. The predicted octanol–water partition coefficient (Wildman–Crippen LogP) is -0.509. The van der Waals surface area contributed by atoms with Gasteiger partial charge in [-0.05, 0) is 6.92 Å². The minimum Gasteiger partial charge on any atom is -0.467 e. The molecule has 5 heteroatoms. The normalized spacial score (nSPS) is 29.3. The number of hydrogen-bond donors (Lipinski definition) is 0. The van der Waals surface area contributed by atoms with E-state index in [1.54, 1.807) is 0 Å². The SMILES string of the molecule is COC(=O)C1(C)COC(=O)CO1. The van der Waals surface area contributed by atoms with Crippen molar-refractivity contribution in [3.05, 3.63) is 0 Å². The highest BCUT2D eigenvalue weighted by Gasteiger charge is 2.41. The van der Waals surface area contributed by atoms with E-state index >= 15 is 0 Å². The van der Waals surface area contributed by atoms with Crippen LogP contribution in [0.2, 0.25) is 0 Å². The van der Waals surface area contributed by atoms with Gasteiger partial charge in [-0.15, -0.1) is 0 Å². The highest BCUT2D eigenvalue weighted by atomic mass is 16.6. The molecule has 0 N–H and O–H groups in total. The predicted molar refractivity (Wildman–Crippen MR) is 37.3 cm³/mol. The summed E-state index contributed by atoms with van der Waals surface area (Å²) in [5.74, 6) is -0.994. The van der Waals surface area contributed by atoms with Gasteiger partial charge in [0.25, 0.3) is 0 Å². The van der Waals surface area contributed by atoms with E-state index < -0.39 is 17.5 Å². The van der Waals surface area contributed by atoms with Crippen molar-refractivity contribution in [2.24, 2.45) is 0 Å². The molecule has 1 rings (SSSR count). The van der Waals surface area contributed by atoms with Crippen LogP contribution in [0, 0.1) is 0 Å². The van der Waals surface area contributed by atoms with Gasteiger partial charge in [0.2, 0.25) is 0 Å². The first-order valence-corrected chi connectivity index (χ1v) is 3.46. The van der Waals surface area contributed by atoms with Crippen LogP contribution in [0.15, 0.2) is 0 Å². The molecule has 1 unspecified atom stereocenters. The molecule has 0 aliphatic carbocycles. The molecule has 0 bridgehead atoms. The summed E-state index contributed by atoms with van der Waals surface area (Å²) in [6.45, 7) is 1.23. The van der Waals surface area contributed by atoms with Gasteiger partial charge in [0.1, 0.15) is 13.2 Å². The summed E-state index contributed by atoms with van der Waals surface area (Å²) in [5, 5.41) is 0. The Morgan fingerprint density at radius 1 is 1.67 bits per heavy atom. The standard InChI is InChI=1S/C7H10O5/c1-7(6(9)10-2)4-11-5(8)3-12-7/h3-4H2,1-2H3. The molecule has 0 amide bonds. The number of esters is 2. The van der Waals surface area contributed by atoms with E-state index in [0.717, 1.165) is 0 Å². The van der Waals surface area contributed by atoms with Gasteiger partial charge in [-0.25, -0.2) is 9.59 Å². The van der Waals surface area contributed by atoms with Crippen molar-refractivity contribution in [2.45, 2.75) is 12.5 Å². The highest BCUT2D eigenvalue weighted by Crippen LogP contribution is 2.17. The zero-order valence-electron chi connectivity index (χ0n) is 6.96. The molecule has 1 heterocycles. The van der Waals surface area contributed by atoms with Crippen molar-refractivity contribution in [2.75, 3.05) is 20.3 Å². The molecular formula is C7H10O5. The molecule has 1 saturated heterocycles. The third-order valence-electron chi connectivity index (χ3n) is 1.63. The lowest BCUT2D eigenvalue weighted by atomic mass is 10.1. The number of hydrogen-bond acceptors (Lipinski definition) is 5. The number of methoxy groups -OCH3 is 1. The molecule has 1 aliphatic rings. The molecule has 1 aliphatic heterocycles. The van der Waals surface area contributed by atoms with Crippen molar-refractivity contribution >= 4 is 11.9 Å². The van der Waals surface area contributed by atoms with Gasteiger partial charge < -0.3 is 14.2 Å². The molecule has 0 aromatic heterocycles. The Hall–Kier alpha value is -1.10. The fraction of sp³-hybridized carbons (Fsp3) is 0.714. The number of ether oxygens (including phenoxy) is 3. The molecule has 1 fully saturated rings. The average Bonchev–Trinajstić information content (AvgIpc) is 2.09. The zero-order chi connectivity index (χ0) is 9.19. The molecule has 5 nitrogen and oxygen atoms in total. The van der Waals surface area contributed by atoms with Crippen molar-refractivity contribution < 1.29 is 23.8 Å². The molecular weight excluding hydrogens is 164 g/mol. The Labute approximate surface area is 69.6 Å². The van der Waals surface area contributed by atoms with E-state index in [1.165, 1.54) is 14.0 Å². The Kier molecular flexibility index (Phi) is 2.32. The van der Waals surface area contributed by atoms with Crippen LogP contribution in [-0.2, 0) is 23.8 Å². The Bertz CT molecular complexity index is 200. The van der Waals surface area contributed by atoms with Crippen LogP contribution >= 0.6 is 0 Å². The van der Waals surface area contributed by atoms with Crippen LogP contribution in [-0.4, -0.2) is 37.9 Å². The number of carbonyl (C=O) groups excluding carboxylic acids is 2. The summed E-state index contributed by atoms with van der Waals surface area (Å²) in [7, 11) is 1.26. The summed E-state index contributed by atoms with van der Waals surface area (Å²) in [4.78, 5) is 21.6. The van der Waals surface area contributed by atoms with Gasteiger partial charge in [-0.2, -0.15) is 0 Å². The van der Waals surface area contributed by atoms with Crippen LogP contribution in [0.3, 0.4) is 0 Å². The van der Waals surface area contributed by atoms with Gasteiger partial charge in [-0.1, -0.05) is 0 Å².